The van der Waals surface area contributed by atoms with Crippen molar-refractivity contribution in [2.75, 3.05) is 13.1 Å². The van der Waals surface area contributed by atoms with Gasteiger partial charge in [0.25, 0.3) is 0 Å². The average Bonchev–Trinajstić information content (AvgIpc) is 3.09. The Morgan fingerprint density at radius 2 is 1.93 bits per heavy atom. The first-order valence-corrected chi connectivity index (χ1v) is 11.4. The molecule has 0 amide bonds. The fraction of sp³-hybridized carbons (Fsp3) is 0.318. The molecule has 3 N–H and O–H groups in total. The van der Waals surface area contributed by atoms with Gasteiger partial charge in [0.2, 0.25) is 10.0 Å². The van der Waals surface area contributed by atoms with Gasteiger partial charge in [0, 0.05) is 23.4 Å². The first kappa shape index (κ1) is 20.6. The highest BCUT2D eigenvalue weighted by Crippen LogP contribution is 2.33. The van der Waals surface area contributed by atoms with E-state index in [2.05, 4.69) is 22.2 Å². The summed E-state index contributed by atoms with van der Waals surface area (Å²) in [6.45, 7) is 5.09. The Balaban J connectivity index is 1.73. The van der Waals surface area contributed by atoms with Crippen LogP contribution in [0.5, 0.6) is 0 Å². The Kier molecular flexibility index (Phi) is 5.40. The summed E-state index contributed by atoms with van der Waals surface area (Å²) in [6, 6.07) is 9.42. The van der Waals surface area contributed by atoms with E-state index in [9.17, 15) is 18.3 Å². The topological polar surface area (TPSA) is 109 Å². The molecule has 1 aliphatic rings. The number of fused-ring (bicyclic) bond motifs is 3. The van der Waals surface area contributed by atoms with Gasteiger partial charge in [-0.2, -0.15) is 4.72 Å². The Bertz CT molecular complexity index is 1260. The van der Waals surface area contributed by atoms with Crippen LogP contribution in [-0.4, -0.2) is 38.6 Å². The smallest absolute Gasteiger partial charge is 0.322 e. The molecule has 1 atom stereocenters. The van der Waals surface area contributed by atoms with E-state index in [-0.39, 0.29) is 4.90 Å². The van der Waals surface area contributed by atoms with Gasteiger partial charge < -0.3 is 14.8 Å². The highest BCUT2D eigenvalue weighted by Gasteiger charge is 2.28. The molecule has 4 rings (SSSR count). The van der Waals surface area contributed by atoms with Crippen molar-refractivity contribution >= 4 is 43.5 Å². The van der Waals surface area contributed by atoms with E-state index in [1.165, 1.54) is 17.7 Å². The number of rotatable bonds is 6. The fourth-order valence-electron chi connectivity index (χ4n) is 3.72. The molecule has 1 aliphatic heterocycles. The lowest BCUT2D eigenvalue weighted by molar-refractivity contribution is -0.140. The summed E-state index contributed by atoms with van der Waals surface area (Å²) in [5.41, 5.74) is 3.53. The van der Waals surface area contributed by atoms with Gasteiger partial charge in [-0.05, 0) is 54.3 Å². The van der Waals surface area contributed by atoms with Crippen LogP contribution < -0.4 is 10.0 Å². The number of sulfonamides is 1. The molecule has 8 heteroatoms. The van der Waals surface area contributed by atoms with Crippen molar-refractivity contribution in [3.63, 3.8) is 0 Å². The van der Waals surface area contributed by atoms with E-state index in [0.717, 1.165) is 35.8 Å². The van der Waals surface area contributed by atoms with Crippen LogP contribution in [-0.2, 0) is 14.8 Å². The molecule has 0 fully saturated rings. The standard InChI is InChI=1S/C22H24N2O5S/c1-13(2)21(22(25)26)24-30(27,28)16-4-5-17-18-11-15(14-7-9-23-10-8-14)3-6-19(18)29-20(17)12-16/h3-7,11-13,21,23-24H,8-10H2,1-2H3,(H,25,26)/t21-/m0/s1. The lowest BCUT2D eigenvalue weighted by atomic mass is 9.98. The van der Waals surface area contributed by atoms with E-state index in [1.54, 1.807) is 19.9 Å². The maximum atomic E-state index is 12.7. The van der Waals surface area contributed by atoms with Gasteiger partial charge in [-0.3, -0.25) is 4.79 Å². The van der Waals surface area contributed by atoms with Crippen molar-refractivity contribution in [3.8, 4) is 0 Å². The second kappa shape index (κ2) is 7.86. The molecular formula is C22H24N2O5S. The minimum atomic E-state index is -4.01. The van der Waals surface area contributed by atoms with Gasteiger partial charge in [0.1, 0.15) is 17.2 Å². The molecule has 30 heavy (non-hydrogen) atoms. The summed E-state index contributed by atoms with van der Waals surface area (Å²) in [4.78, 5) is 11.4. The van der Waals surface area contributed by atoms with Crippen LogP contribution in [0.2, 0.25) is 0 Å². The predicted octanol–water partition coefficient (Wildman–Crippen LogP) is 3.35. The molecule has 1 aromatic heterocycles. The number of benzene rings is 2. The largest absolute Gasteiger partial charge is 0.480 e. The van der Waals surface area contributed by atoms with E-state index < -0.39 is 28.0 Å². The number of carbonyl (C=O) groups is 1. The van der Waals surface area contributed by atoms with Crippen LogP contribution >= 0.6 is 0 Å². The monoisotopic (exact) mass is 428 g/mol. The van der Waals surface area contributed by atoms with Crippen molar-refractivity contribution in [3.05, 3.63) is 48.0 Å². The lowest BCUT2D eigenvalue weighted by Crippen LogP contribution is -2.44. The first-order chi connectivity index (χ1) is 14.3. The second-order valence-corrected chi connectivity index (χ2v) is 9.55. The van der Waals surface area contributed by atoms with E-state index >= 15 is 0 Å². The predicted molar refractivity (Wildman–Crippen MR) is 116 cm³/mol. The van der Waals surface area contributed by atoms with E-state index in [4.69, 9.17) is 4.42 Å². The molecule has 0 aliphatic carbocycles. The molecule has 2 heterocycles. The number of carboxylic acids is 1. The molecular weight excluding hydrogens is 404 g/mol. The summed E-state index contributed by atoms with van der Waals surface area (Å²) in [7, 11) is -4.01. The van der Waals surface area contributed by atoms with Crippen molar-refractivity contribution in [2.24, 2.45) is 5.92 Å². The highest BCUT2D eigenvalue weighted by molar-refractivity contribution is 7.89. The molecule has 0 spiro atoms. The second-order valence-electron chi connectivity index (χ2n) is 7.84. The number of hydrogen-bond acceptors (Lipinski definition) is 5. The quantitative estimate of drug-likeness (QED) is 0.556. The van der Waals surface area contributed by atoms with Gasteiger partial charge in [-0.25, -0.2) is 8.42 Å². The molecule has 7 nitrogen and oxygen atoms in total. The third-order valence-corrected chi connectivity index (χ3v) is 6.84. The number of carboxylic acid groups (broad SMARTS) is 1. The SMILES string of the molecule is CC(C)[C@H](NS(=O)(=O)c1ccc2c(c1)oc1ccc(C3=CCNCC3)cc12)C(=O)O. The molecule has 0 radical (unpaired) electrons. The molecule has 3 aromatic rings. The van der Waals surface area contributed by atoms with Gasteiger partial charge in [0.15, 0.2) is 0 Å². The summed E-state index contributed by atoms with van der Waals surface area (Å²) in [6.07, 6.45) is 3.13. The van der Waals surface area contributed by atoms with Gasteiger partial charge in [-0.1, -0.05) is 26.0 Å². The van der Waals surface area contributed by atoms with Crippen LogP contribution in [0.1, 0.15) is 25.8 Å². The fourth-order valence-corrected chi connectivity index (χ4v) is 5.07. The summed E-state index contributed by atoms with van der Waals surface area (Å²) >= 11 is 0. The summed E-state index contributed by atoms with van der Waals surface area (Å²) in [5, 5.41) is 14.3. The zero-order chi connectivity index (χ0) is 21.5. The molecule has 0 saturated carbocycles. The molecule has 0 bridgehead atoms. The molecule has 0 saturated heterocycles. The van der Waals surface area contributed by atoms with Gasteiger partial charge >= 0.3 is 5.97 Å². The third-order valence-electron chi connectivity index (χ3n) is 5.40. The Labute approximate surface area is 174 Å². The zero-order valence-corrected chi connectivity index (χ0v) is 17.6. The first-order valence-electron chi connectivity index (χ1n) is 9.88. The third kappa shape index (κ3) is 3.86. The minimum Gasteiger partial charge on any atom is -0.480 e. The number of hydrogen-bond donors (Lipinski definition) is 3. The Morgan fingerprint density at radius 3 is 2.60 bits per heavy atom. The van der Waals surface area contributed by atoms with Gasteiger partial charge in [0.05, 0.1) is 4.90 Å². The summed E-state index contributed by atoms with van der Waals surface area (Å²) in [5.74, 6) is -1.60. The number of furan rings is 1. The van der Waals surface area contributed by atoms with E-state index in [0.29, 0.717) is 11.2 Å². The Hall–Kier alpha value is -2.68. The highest BCUT2D eigenvalue weighted by atomic mass is 32.2. The molecule has 0 unspecified atom stereocenters. The zero-order valence-electron chi connectivity index (χ0n) is 16.8. The lowest BCUT2D eigenvalue weighted by Gasteiger charge is -2.17. The number of nitrogens with one attached hydrogen (secondary N) is 2. The molecule has 158 valence electrons. The van der Waals surface area contributed by atoms with Crippen molar-refractivity contribution < 1.29 is 22.7 Å². The van der Waals surface area contributed by atoms with E-state index in [1.807, 2.05) is 12.1 Å². The van der Waals surface area contributed by atoms with Crippen LogP contribution in [0.3, 0.4) is 0 Å². The number of aliphatic carboxylic acids is 1. The van der Waals surface area contributed by atoms with Crippen molar-refractivity contribution in [1.82, 2.24) is 10.0 Å². The van der Waals surface area contributed by atoms with Crippen LogP contribution in [0.15, 0.2) is 51.8 Å². The van der Waals surface area contributed by atoms with Crippen molar-refractivity contribution in [1.29, 1.82) is 0 Å². The minimum absolute atomic E-state index is 0.0257. The van der Waals surface area contributed by atoms with Crippen LogP contribution in [0, 0.1) is 5.92 Å². The maximum Gasteiger partial charge on any atom is 0.322 e. The average molecular weight is 429 g/mol. The van der Waals surface area contributed by atoms with Crippen LogP contribution in [0.25, 0.3) is 27.5 Å². The maximum absolute atomic E-state index is 12.7. The van der Waals surface area contributed by atoms with Gasteiger partial charge in [-0.15, -0.1) is 0 Å². The van der Waals surface area contributed by atoms with Crippen LogP contribution in [0.4, 0.5) is 0 Å². The van der Waals surface area contributed by atoms with Crippen molar-refractivity contribution in [2.45, 2.75) is 31.2 Å². The molecule has 2 aromatic carbocycles. The Morgan fingerprint density at radius 1 is 1.13 bits per heavy atom. The normalized spacial score (nSPS) is 16.2. The summed E-state index contributed by atoms with van der Waals surface area (Å²) < 4.78 is 33.6.